The van der Waals surface area contributed by atoms with Crippen molar-refractivity contribution in [3.63, 3.8) is 0 Å². The Morgan fingerprint density at radius 2 is 1.69 bits per heavy atom. The van der Waals surface area contributed by atoms with Crippen LogP contribution in [-0.4, -0.2) is 17.0 Å². The first-order valence-electron chi connectivity index (χ1n) is 5.90. The van der Waals surface area contributed by atoms with Gasteiger partial charge in [0.05, 0.1) is 0 Å². The molecule has 0 spiro atoms. The van der Waals surface area contributed by atoms with Crippen LogP contribution in [0.4, 0.5) is 0 Å². The average Bonchev–Trinajstić information content (AvgIpc) is 2.41. The summed E-state index contributed by atoms with van der Waals surface area (Å²) in [6, 6.07) is 11.0. The zero-order chi connectivity index (χ0) is 11.6. The molecular weight excluding hydrogens is 216 g/mol. The molecule has 1 aliphatic rings. The normalized spacial score (nSPS) is 16.0. The lowest BCUT2D eigenvalue weighted by Gasteiger charge is -2.21. The lowest BCUT2D eigenvalue weighted by atomic mass is 9.84. The number of carbonyl (C=O) groups excluding carboxylic acids is 1. The first-order valence-corrected chi connectivity index (χ1v) is 6.71. The van der Waals surface area contributed by atoms with Gasteiger partial charge in [-0.15, -0.1) is 0 Å². The van der Waals surface area contributed by atoms with E-state index < -0.39 is 0 Å². The molecule has 0 heterocycles. The first kappa shape index (κ1) is 13.0. The fourth-order valence-electron chi connectivity index (χ4n) is 2.16. The van der Waals surface area contributed by atoms with E-state index in [1.807, 2.05) is 0 Å². The molecule has 0 atom stereocenters. The fourth-order valence-corrected chi connectivity index (χ4v) is 2.16. The molecule has 88 valence electrons. The van der Waals surface area contributed by atoms with Crippen LogP contribution in [0.3, 0.4) is 0 Å². The molecule has 0 N–H and O–H groups in total. The van der Waals surface area contributed by atoms with Gasteiger partial charge in [0, 0.05) is 0 Å². The number of benzene rings is 1. The third kappa shape index (κ3) is 4.62. The van der Waals surface area contributed by atoms with Crippen LogP contribution in [-0.2, 0) is 9.22 Å². The van der Waals surface area contributed by atoms with Gasteiger partial charge in [-0.3, -0.25) is 4.79 Å². The Kier molecular flexibility index (Phi) is 6.57. The summed E-state index contributed by atoms with van der Waals surface area (Å²) in [6.07, 6.45) is 7.12. The van der Waals surface area contributed by atoms with Crippen molar-refractivity contribution in [1.29, 1.82) is 0 Å². The molecule has 16 heavy (non-hydrogen) atoms. The highest BCUT2D eigenvalue weighted by Gasteiger charge is 2.14. The van der Waals surface area contributed by atoms with Crippen LogP contribution in [0.5, 0.6) is 0 Å². The van der Waals surface area contributed by atoms with Crippen LogP contribution in [0.15, 0.2) is 30.3 Å². The van der Waals surface area contributed by atoms with E-state index in [1.165, 1.54) is 32.1 Å². The lowest BCUT2D eigenvalue weighted by Crippen LogP contribution is -2.03. The molecule has 1 aromatic carbocycles. The minimum Gasteiger partial charge on any atom is -0.531 e. The molecule has 1 aliphatic carbocycles. The molecule has 2 nitrogen and oxygen atoms in total. The Labute approximate surface area is 101 Å². The maximum absolute atomic E-state index is 8.99. The van der Waals surface area contributed by atoms with Gasteiger partial charge in [-0.05, 0) is 24.3 Å². The van der Waals surface area contributed by atoms with Gasteiger partial charge >= 0.3 is 0 Å². The summed E-state index contributed by atoms with van der Waals surface area (Å²) in [7, 11) is 0.522. The SMILES string of the molecule is O=CO[SiH3].c1ccc(C2CCCCC2)cc1. The van der Waals surface area contributed by atoms with Crippen molar-refractivity contribution >= 4 is 17.0 Å². The molecule has 0 aliphatic heterocycles. The van der Waals surface area contributed by atoms with Crippen molar-refractivity contribution in [2.75, 3.05) is 0 Å². The number of carbonyl (C=O) groups is 1. The molecule has 0 bridgehead atoms. The van der Waals surface area contributed by atoms with Crippen molar-refractivity contribution in [2.45, 2.75) is 38.0 Å². The van der Waals surface area contributed by atoms with Gasteiger partial charge in [0.15, 0.2) is 0 Å². The van der Waals surface area contributed by atoms with Crippen molar-refractivity contribution in [2.24, 2.45) is 0 Å². The van der Waals surface area contributed by atoms with Crippen LogP contribution in [0.25, 0.3) is 0 Å². The van der Waals surface area contributed by atoms with E-state index in [4.69, 9.17) is 4.79 Å². The van der Waals surface area contributed by atoms with Gasteiger partial charge in [-0.25, -0.2) is 0 Å². The lowest BCUT2D eigenvalue weighted by molar-refractivity contribution is -0.120. The highest BCUT2D eigenvalue weighted by Crippen LogP contribution is 2.31. The average molecular weight is 236 g/mol. The van der Waals surface area contributed by atoms with Crippen molar-refractivity contribution in [3.05, 3.63) is 35.9 Å². The molecule has 2 rings (SSSR count). The third-order valence-corrected chi connectivity index (χ3v) is 3.16. The highest BCUT2D eigenvalue weighted by molar-refractivity contribution is 6.01. The first-order chi connectivity index (χ1) is 7.88. The molecule has 0 unspecified atom stereocenters. The van der Waals surface area contributed by atoms with Crippen molar-refractivity contribution in [3.8, 4) is 0 Å². The van der Waals surface area contributed by atoms with Gasteiger partial charge in [0.1, 0.15) is 0 Å². The zero-order valence-corrected chi connectivity index (χ0v) is 11.9. The minimum atomic E-state index is 0.437. The highest BCUT2D eigenvalue weighted by atomic mass is 28.2. The molecule has 1 fully saturated rings. The summed E-state index contributed by atoms with van der Waals surface area (Å²) in [4.78, 5) is 8.99. The Morgan fingerprint density at radius 3 is 2.19 bits per heavy atom. The van der Waals surface area contributed by atoms with E-state index in [2.05, 4.69) is 34.8 Å². The maximum atomic E-state index is 8.99. The summed E-state index contributed by atoms with van der Waals surface area (Å²) >= 11 is 0. The van der Waals surface area contributed by atoms with E-state index in [9.17, 15) is 0 Å². The summed E-state index contributed by atoms with van der Waals surface area (Å²) in [5.74, 6) is 0.861. The van der Waals surface area contributed by atoms with Gasteiger partial charge < -0.3 is 4.43 Å². The largest absolute Gasteiger partial charge is 0.531 e. The molecular formula is C13H20O2Si. The Morgan fingerprint density at radius 1 is 1.12 bits per heavy atom. The van der Waals surface area contributed by atoms with Crippen LogP contribution in [0.1, 0.15) is 43.6 Å². The summed E-state index contributed by atoms with van der Waals surface area (Å²) in [5.41, 5.74) is 1.55. The van der Waals surface area contributed by atoms with Crippen LogP contribution in [0, 0.1) is 0 Å². The quantitative estimate of drug-likeness (QED) is 0.581. The summed E-state index contributed by atoms with van der Waals surface area (Å²) < 4.78 is 4.00. The fraction of sp³-hybridized carbons (Fsp3) is 0.462. The van der Waals surface area contributed by atoms with Crippen LogP contribution >= 0.6 is 0 Å². The van der Waals surface area contributed by atoms with Crippen molar-refractivity contribution < 1.29 is 9.22 Å². The predicted molar refractivity (Wildman–Crippen MR) is 69.4 cm³/mol. The third-order valence-electron chi connectivity index (χ3n) is 2.97. The summed E-state index contributed by atoms with van der Waals surface area (Å²) in [6.45, 7) is 0.437. The van der Waals surface area contributed by atoms with E-state index in [1.54, 1.807) is 5.56 Å². The standard InChI is InChI=1S/C12H16.CH4O2Si/c1-3-7-11(8-4-1)12-9-5-2-6-10-12;2-1-3-4/h1,3-4,7-8,12H,2,5-6,9-10H2;1H,4H3. The van der Waals surface area contributed by atoms with Crippen LogP contribution in [0.2, 0.25) is 0 Å². The van der Waals surface area contributed by atoms with Gasteiger partial charge in [0.2, 0.25) is 10.5 Å². The van der Waals surface area contributed by atoms with E-state index in [0.29, 0.717) is 17.0 Å². The Hall–Kier alpha value is -1.09. The number of hydrogen-bond acceptors (Lipinski definition) is 2. The van der Waals surface area contributed by atoms with Gasteiger partial charge in [-0.2, -0.15) is 0 Å². The van der Waals surface area contributed by atoms with E-state index >= 15 is 0 Å². The molecule has 0 amide bonds. The van der Waals surface area contributed by atoms with Gasteiger partial charge in [0.25, 0.3) is 6.47 Å². The number of rotatable bonds is 2. The molecule has 0 radical (unpaired) electrons. The molecule has 1 aromatic rings. The summed E-state index contributed by atoms with van der Waals surface area (Å²) in [5, 5.41) is 0. The topological polar surface area (TPSA) is 26.3 Å². The van der Waals surface area contributed by atoms with E-state index in [-0.39, 0.29) is 0 Å². The number of hydrogen-bond donors (Lipinski definition) is 0. The monoisotopic (exact) mass is 236 g/mol. The second kappa shape index (κ2) is 8.10. The Balaban J connectivity index is 0.000000280. The van der Waals surface area contributed by atoms with Crippen molar-refractivity contribution in [1.82, 2.24) is 0 Å². The Bertz CT molecular complexity index is 281. The molecule has 0 saturated heterocycles. The van der Waals surface area contributed by atoms with Crippen LogP contribution < -0.4 is 0 Å². The smallest absolute Gasteiger partial charge is 0.279 e. The molecule has 1 saturated carbocycles. The molecule has 0 aromatic heterocycles. The minimum absolute atomic E-state index is 0.437. The maximum Gasteiger partial charge on any atom is 0.279 e. The second-order valence-electron chi connectivity index (χ2n) is 4.08. The van der Waals surface area contributed by atoms with E-state index in [0.717, 1.165) is 5.92 Å². The molecule has 3 heteroatoms. The zero-order valence-electron chi connectivity index (χ0n) is 9.89. The van der Waals surface area contributed by atoms with Gasteiger partial charge in [-0.1, -0.05) is 49.6 Å². The second-order valence-corrected chi connectivity index (χ2v) is 4.55. The predicted octanol–water partition coefficient (Wildman–Crippen LogP) is 2.17.